The summed E-state index contributed by atoms with van der Waals surface area (Å²) in [6.07, 6.45) is 3.16. The van der Waals surface area contributed by atoms with Gasteiger partial charge in [-0.05, 0) is 13.1 Å². The minimum atomic E-state index is -0.643. The topological polar surface area (TPSA) is 35.0 Å². The van der Waals surface area contributed by atoms with Gasteiger partial charge in [-0.1, -0.05) is 11.6 Å². The van der Waals surface area contributed by atoms with Crippen molar-refractivity contribution in [1.82, 2.24) is 9.97 Å². The molecule has 0 spiro atoms. The SMILES string of the molecule is C[Si](C)OCc1cnc(Cl)cn1. The molecule has 0 bridgehead atoms. The number of rotatable bonds is 3. The van der Waals surface area contributed by atoms with Crippen LogP contribution in [0.25, 0.3) is 0 Å². The Labute approximate surface area is 78.5 Å². The highest BCUT2D eigenvalue weighted by molar-refractivity contribution is 6.48. The summed E-state index contributed by atoms with van der Waals surface area (Å²) in [5.41, 5.74) is 0.825. The van der Waals surface area contributed by atoms with Crippen molar-refractivity contribution in [3.8, 4) is 0 Å². The van der Waals surface area contributed by atoms with Gasteiger partial charge in [0.2, 0.25) is 9.04 Å². The third-order valence-corrected chi connectivity index (χ3v) is 2.10. The van der Waals surface area contributed by atoms with E-state index in [2.05, 4.69) is 23.1 Å². The van der Waals surface area contributed by atoms with E-state index in [1.165, 1.54) is 6.20 Å². The van der Waals surface area contributed by atoms with Gasteiger partial charge in [-0.25, -0.2) is 4.98 Å². The second-order valence-electron chi connectivity index (χ2n) is 2.53. The van der Waals surface area contributed by atoms with E-state index < -0.39 is 9.04 Å². The Kier molecular flexibility index (Phi) is 3.65. The average molecular weight is 202 g/mol. The molecule has 0 saturated carbocycles. The summed E-state index contributed by atoms with van der Waals surface area (Å²) in [6, 6.07) is 0. The van der Waals surface area contributed by atoms with Gasteiger partial charge in [0.1, 0.15) is 5.15 Å². The molecule has 1 rings (SSSR count). The van der Waals surface area contributed by atoms with E-state index in [0.29, 0.717) is 11.8 Å². The Bertz CT molecular complexity index is 240. The Morgan fingerprint density at radius 2 is 2.17 bits per heavy atom. The second kappa shape index (κ2) is 4.54. The normalized spacial score (nSPS) is 10.7. The summed E-state index contributed by atoms with van der Waals surface area (Å²) in [5.74, 6) is 0. The summed E-state index contributed by atoms with van der Waals surface area (Å²) >= 11 is 5.57. The molecule has 0 saturated heterocycles. The Hall–Kier alpha value is -0.453. The van der Waals surface area contributed by atoms with Crippen LogP contribution < -0.4 is 0 Å². The molecule has 0 aromatic carbocycles. The van der Waals surface area contributed by atoms with Crippen LogP contribution in [-0.2, 0) is 11.0 Å². The largest absolute Gasteiger partial charge is 0.411 e. The van der Waals surface area contributed by atoms with E-state index in [1.807, 2.05) is 0 Å². The lowest BCUT2D eigenvalue weighted by atomic mass is 10.5. The van der Waals surface area contributed by atoms with Crippen LogP contribution in [0.3, 0.4) is 0 Å². The summed E-state index contributed by atoms with van der Waals surface area (Å²) in [7, 11) is -0.643. The molecule has 0 aliphatic carbocycles. The standard InChI is InChI=1S/C7H10ClN2OSi/c1-12(2)11-5-6-3-10-7(8)4-9-6/h3-4H,5H2,1-2H3. The van der Waals surface area contributed by atoms with Gasteiger partial charge in [-0.15, -0.1) is 0 Å². The first kappa shape index (κ1) is 9.63. The maximum Gasteiger partial charge on any atom is 0.205 e. The van der Waals surface area contributed by atoms with Crippen LogP contribution in [0.5, 0.6) is 0 Å². The molecule has 3 nitrogen and oxygen atoms in total. The molecule has 0 unspecified atom stereocenters. The Morgan fingerprint density at radius 1 is 1.42 bits per heavy atom. The molecular weight excluding hydrogens is 192 g/mol. The first-order valence-electron chi connectivity index (χ1n) is 3.58. The molecule has 0 fully saturated rings. The predicted octanol–water partition coefficient (Wildman–Crippen LogP) is 1.90. The molecule has 1 aromatic rings. The fourth-order valence-corrected chi connectivity index (χ4v) is 1.17. The molecule has 1 aromatic heterocycles. The minimum Gasteiger partial charge on any atom is -0.411 e. The fraction of sp³-hybridized carbons (Fsp3) is 0.429. The van der Waals surface area contributed by atoms with Crippen molar-refractivity contribution in [1.29, 1.82) is 0 Å². The summed E-state index contributed by atoms with van der Waals surface area (Å²) in [6.45, 7) is 4.69. The molecular formula is C7H10ClN2OSi. The van der Waals surface area contributed by atoms with Gasteiger partial charge in [-0.3, -0.25) is 4.98 Å². The molecule has 1 heterocycles. The van der Waals surface area contributed by atoms with Crippen molar-refractivity contribution in [3.63, 3.8) is 0 Å². The van der Waals surface area contributed by atoms with Crippen molar-refractivity contribution >= 4 is 20.6 Å². The molecule has 0 amide bonds. The van der Waals surface area contributed by atoms with Gasteiger partial charge in [0, 0.05) is 0 Å². The molecule has 5 heteroatoms. The lowest BCUT2D eigenvalue weighted by Crippen LogP contribution is -2.08. The molecule has 0 N–H and O–H groups in total. The zero-order chi connectivity index (χ0) is 8.97. The first-order chi connectivity index (χ1) is 5.68. The molecule has 12 heavy (non-hydrogen) atoms. The van der Waals surface area contributed by atoms with E-state index in [1.54, 1.807) is 6.20 Å². The fourth-order valence-electron chi connectivity index (χ4n) is 0.632. The maximum absolute atomic E-state index is 5.57. The van der Waals surface area contributed by atoms with Crippen molar-refractivity contribution in [2.45, 2.75) is 19.7 Å². The van der Waals surface area contributed by atoms with Gasteiger partial charge in [0.25, 0.3) is 0 Å². The number of hydrogen-bond donors (Lipinski definition) is 0. The van der Waals surface area contributed by atoms with Gasteiger partial charge in [0.15, 0.2) is 0 Å². The van der Waals surface area contributed by atoms with E-state index in [4.69, 9.17) is 16.0 Å². The Morgan fingerprint density at radius 3 is 2.67 bits per heavy atom. The van der Waals surface area contributed by atoms with E-state index >= 15 is 0 Å². The number of hydrogen-bond acceptors (Lipinski definition) is 3. The van der Waals surface area contributed by atoms with Crippen molar-refractivity contribution in [3.05, 3.63) is 23.2 Å². The molecule has 0 atom stereocenters. The van der Waals surface area contributed by atoms with Crippen molar-refractivity contribution < 1.29 is 4.43 Å². The van der Waals surface area contributed by atoms with Crippen LogP contribution in [0.1, 0.15) is 5.69 Å². The van der Waals surface area contributed by atoms with Crippen LogP contribution in [-0.4, -0.2) is 19.0 Å². The van der Waals surface area contributed by atoms with E-state index in [-0.39, 0.29) is 0 Å². The highest BCUT2D eigenvalue weighted by atomic mass is 35.5. The molecule has 65 valence electrons. The van der Waals surface area contributed by atoms with Crippen LogP contribution in [0.15, 0.2) is 12.4 Å². The highest BCUT2D eigenvalue weighted by Crippen LogP contribution is 2.02. The van der Waals surface area contributed by atoms with Gasteiger partial charge < -0.3 is 4.43 Å². The lowest BCUT2D eigenvalue weighted by Gasteiger charge is -2.03. The van der Waals surface area contributed by atoms with Crippen LogP contribution >= 0.6 is 11.6 Å². The monoisotopic (exact) mass is 201 g/mol. The molecule has 0 aliphatic rings. The smallest absolute Gasteiger partial charge is 0.205 e. The van der Waals surface area contributed by atoms with E-state index in [9.17, 15) is 0 Å². The summed E-state index contributed by atoms with van der Waals surface area (Å²) < 4.78 is 5.42. The van der Waals surface area contributed by atoms with Crippen molar-refractivity contribution in [2.24, 2.45) is 0 Å². The average Bonchev–Trinajstić information content (AvgIpc) is 2.03. The molecule has 1 radical (unpaired) electrons. The quantitative estimate of drug-likeness (QED) is 0.701. The van der Waals surface area contributed by atoms with E-state index in [0.717, 1.165) is 5.69 Å². The zero-order valence-electron chi connectivity index (χ0n) is 7.04. The second-order valence-corrected chi connectivity index (χ2v) is 5.02. The number of halogens is 1. The summed E-state index contributed by atoms with van der Waals surface area (Å²) in [5, 5.41) is 0.414. The number of aromatic nitrogens is 2. The minimum absolute atomic E-state index is 0.414. The summed E-state index contributed by atoms with van der Waals surface area (Å²) in [4.78, 5) is 7.94. The van der Waals surface area contributed by atoms with Gasteiger partial charge in [-0.2, -0.15) is 0 Å². The third-order valence-electron chi connectivity index (χ3n) is 1.18. The van der Waals surface area contributed by atoms with Gasteiger partial charge >= 0.3 is 0 Å². The van der Waals surface area contributed by atoms with Gasteiger partial charge in [0.05, 0.1) is 24.7 Å². The molecule has 0 aliphatic heterocycles. The van der Waals surface area contributed by atoms with Crippen molar-refractivity contribution in [2.75, 3.05) is 0 Å². The van der Waals surface area contributed by atoms with Crippen LogP contribution in [0, 0.1) is 0 Å². The van der Waals surface area contributed by atoms with Crippen LogP contribution in [0.2, 0.25) is 18.2 Å². The lowest BCUT2D eigenvalue weighted by molar-refractivity contribution is 0.309. The Balaban J connectivity index is 2.48. The van der Waals surface area contributed by atoms with Crippen LogP contribution in [0.4, 0.5) is 0 Å². The predicted molar refractivity (Wildman–Crippen MR) is 49.3 cm³/mol. The zero-order valence-corrected chi connectivity index (χ0v) is 8.80. The third kappa shape index (κ3) is 3.30. The highest BCUT2D eigenvalue weighted by Gasteiger charge is 1.99. The first-order valence-corrected chi connectivity index (χ1v) is 6.36. The number of nitrogens with zero attached hydrogens (tertiary/aromatic N) is 2. The maximum atomic E-state index is 5.57.